The van der Waals surface area contributed by atoms with Crippen LogP contribution in [0.5, 0.6) is 11.5 Å². The number of rotatable bonds is 7. The third kappa shape index (κ3) is 6.70. The van der Waals surface area contributed by atoms with Crippen LogP contribution in [0.4, 0.5) is 0 Å². The Balaban J connectivity index is 0.00000289. The Labute approximate surface area is 210 Å². The third-order valence-corrected chi connectivity index (χ3v) is 5.41. The van der Waals surface area contributed by atoms with E-state index in [9.17, 15) is 9.46 Å². The van der Waals surface area contributed by atoms with Crippen LogP contribution in [0.2, 0.25) is 0 Å². The van der Waals surface area contributed by atoms with E-state index in [0.717, 1.165) is 22.3 Å². The summed E-state index contributed by atoms with van der Waals surface area (Å²) in [6, 6.07) is 35.3. The van der Waals surface area contributed by atoms with Gasteiger partial charge in [0, 0.05) is 0 Å². The smallest absolute Gasteiger partial charge is 0.736 e. The minimum atomic E-state index is -4.54. The van der Waals surface area contributed by atoms with E-state index in [1.165, 1.54) is 0 Å². The normalized spacial score (nSPS) is 12.0. The zero-order valence-corrected chi connectivity index (χ0v) is 20.5. The van der Waals surface area contributed by atoms with Crippen LogP contribution < -0.4 is 43.5 Å². The molecule has 154 valence electrons. The molecular formula is C26H20NaO4P. The molecule has 0 fully saturated rings. The predicted molar refractivity (Wildman–Crippen MR) is 122 cm³/mol. The number of para-hydroxylation sites is 1. The maximum absolute atomic E-state index is 12.2. The summed E-state index contributed by atoms with van der Waals surface area (Å²) in [5, 5.41) is 0. The molecule has 0 N–H and O–H groups in total. The predicted octanol–water partition coefficient (Wildman–Crippen LogP) is 3.21. The molecule has 0 saturated carbocycles. The summed E-state index contributed by atoms with van der Waals surface area (Å²) in [7, 11) is -4.54. The molecule has 4 aromatic carbocycles. The van der Waals surface area contributed by atoms with Gasteiger partial charge < -0.3 is 13.9 Å². The van der Waals surface area contributed by atoms with Gasteiger partial charge in [-0.25, -0.2) is 4.57 Å². The standard InChI is InChI=1S/C26H21O4P.Na/c27-31(28,29-24-14-8-3-9-15-24)30-25-18-16-21(17-19-25)20-26(22-10-4-1-5-11-22)23-12-6-2-7-13-23;/h1-20H,(H,27,28);/q;+1/p-1. The molecule has 6 heteroatoms. The number of hydrogen-bond acceptors (Lipinski definition) is 4. The summed E-state index contributed by atoms with van der Waals surface area (Å²) in [5.74, 6) is 0.392. The average Bonchev–Trinajstić information content (AvgIpc) is 2.80. The van der Waals surface area contributed by atoms with Gasteiger partial charge in [0.05, 0.1) is 0 Å². The van der Waals surface area contributed by atoms with Crippen molar-refractivity contribution in [2.45, 2.75) is 0 Å². The summed E-state index contributed by atoms with van der Waals surface area (Å²) in [6.07, 6.45) is 2.06. The maximum Gasteiger partial charge on any atom is 1.00 e. The van der Waals surface area contributed by atoms with Crippen molar-refractivity contribution in [2.75, 3.05) is 0 Å². The van der Waals surface area contributed by atoms with Crippen molar-refractivity contribution in [1.82, 2.24) is 0 Å². The zero-order chi connectivity index (χ0) is 21.5. The largest absolute Gasteiger partial charge is 1.00 e. The summed E-state index contributed by atoms with van der Waals surface area (Å²) in [5.41, 5.74) is 4.17. The van der Waals surface area contributed by atoms with E-state index >= 15 is 0 Å². The second-order valence-corrected chi connectivity index (χ2v) is 8.06. The molecule has 1 unspecified atom stereocenters. The molecule has 0 aromatic heterocycles. The van der Waals surface area contributed by atoms with Crippen LogP contribution in [0.25, 0.3) is 11.6 Å². The quantitative estimate of drug-likeness (QED) is 0.247. The molecule has 32 heavy (non-hydrogen) atoms. The molecule has 1 atom stereocenters. The molecule has 0 radical (unpaired) electrons. The summed E-state index contributed by atoms with van der Waals surface area (Å²) < 4.78 is 22.2. The van der Waals surface area contributed by atoms with Gasteiger partial charge in [-0.05, 0) is 52.6 Å². The monoisotopic (exact) mass is 450 g/mol. The van der Waals surface area contributed by atoms with E-state index in [4.69, 9.17) is 9.05 Å². The zero-order valence-electron chi connectivity index (χ0n) is 17.6. The number of hydrogen-bond donors (Lipinski definition) is 0. The van der Waals surface area contributed by atoms with Crippen molar-refractivity contribution in [2.24, 2.45) is 0 Å². The topological polar surface area (TPSA) is 58.6 Å². The molecule has 4 nitrogen and oxygen atoms in total. The fraction of sp³-hybridized carbons (Fsp3) is 0. The number of benzene rings is 4. The van der Waals surface area contributed by atoms with E-state index in [1.807, 2.05) is 48.5 Å². The fourth-order valence-corrected chi connectivity index (χ4v) is 3.92. The second kappa shape index (κ2) is 11.3. The molecule has 0 aliphatic rings. The van der Waals surface area contributed by atoms with Gasteiger partial charge in [0.1, 0.15) is 11.5 Å². The summed E-state index contributed by atoms with van der Waals surface area (Å²) in [4.78, 5) is 12.2. The fourth-order valence-electron chi connectivity index (χ4n) is 3.12. The van der Waals surface area contributed by atoms with Gasteiger partial charge in [0.15, 0.2) is 0 Å². The van der Waals surface area contributed by atoms with Crippen LogP contribution in [0.1, 0.15) is 16.7 Å². The van der Waals surface area contributed by atoms with Crippen LogP contribution in [-0.4, -0.2) is 0 Å². The minimum Gasteiger partial charge on any atom is -0.736 e. The maximum atomic E-state index is 12.2. The van der Waals surface area contributed by atoms with Crippen LogP contribution in [0.15, 0.2) is 115 Å². The van der Waals surface area contributed by atoms with Crippen molar-refractivity contribution in [3.63, 3.8) is 0 Å². The minimum absolute atomic E-state index is 0. The van der Waals surface area contributed by atoms with Crippen molar-refractivity contribution in [3.8, 4) is 11.5 Å². The van der Waals surface area contributed by atoms with E-state index in [0.29, 0.717) is 0 Å². The Morgan fingerprint density at radius 3 is 1.50 bits per heavy atom. The molecule has 0 bridgehead atoms. The first-order chi connectivity index (χ1) is 15.1. The van der Waals surface area contributed by atoms with E-state index in [2.05, 4.69) is 30.3 Å². The Kier molecular flexibility index (Phi) is 8.52. The SMILES string of the molecule is O=P([O-])(Oc1ccccc1)Oc1ccc(C=C(c2ccccc2)c2ccccc2)cc1.[Na+]. The first-order valence-corrected chi connectivity index (χ1v) is 11.2. The first-order valence-electron chi connectivity index (χ1n) is 9.77. The Hall–Kier alpha value is -2.59. The van der Waals surface area contributed by atoms with Crippen molar-refractivity contribution in [3.05, 3.63) is 132 Å². The van der Waals surface area contributed by atoms with Crippen molar-refractivity contribution in [1.29, 1.82) is 0 Å². The van der Waals surface area contributed by atoms with E-state index in [-0.39, 0.29) is 41.1 Å². The molecule has 4 rings (SSSR count). The number of phosphoric acid groups is 1. The first kappa shape index (κ1) is 24.1. The van der Waals surface area contributed by atoms with Gasteiger partial charge in [0.25, 0.3) is 0 Å². The molecular weight excluding hydrogens is 430 g/mol. The van der Waals surface area contributed by atoms with Crippen LogP contribution >= 0.6 is 7.82 Å². The molecule has 0 aliphatic carbocycles. The van der Waals surface area contributed by atoms with Gasteiger partial charge >= 0.3 is 37.4 Å². The Bertz CT molecular complexity index is 1150. The Morgan fingerprint density at radius 1 is 0.625 bits per heavy atom. The van der Waals surface area contributed by atoms with Gasteiger partial charge in [-0.2, -0.15) is 0 Å². The molecule has 0 heterocycles. The molecule has 0 aliphatic heterocycles. The number of phosphoric ester groups is 1. The van der Waals surface area contributed by atoms with Gasteiger partial charge in [-0.3, -0.25) is 0 Å². The summed E-state index contributed by atoms with van der Waals surface area (Å²) in [6.45, 7) is 0. The molecule has 0 saturated heterocycles. The molecule has 0 spiro atoms. The van der Waals surface area contributed by atoms with Gasteiger partial charge in [0.2, 0.25) is 0 Å². The van der Waals surface area contributed by atoms with Crippen LogP contribution in [0, 0.1) is 0 Å². The van der Waals surface area contributed by atoms with Gasteiger partial charge in [-0.15, -0.1) is 0 Å². The summed E-state index contributed by atoms with van der Waals surface area (Å²) >= 11 is 0. The molecule has 4 aromatic rings. The van der Waals surface area contributed by atoms with E-state index in [1.54, 1.807) is 42.5 Å². The van der Waals surface area contributed by atoms with Crippen molar-refractivity contribution >= 4 is 19.5 Å². The average molecular weight is 450 g/mol. The second-order valence-electron chi connectivity index (χ2n) is 6.80. The van der Waals surface area contributed by atoms with Crippen molar-refractivity contribution < 1.29 is 48.1 Å². The third-order valence-electron chi connectivity index (χ3n) is 4.54. The van der Waals surface area contributed by atoms with E-state index < -0.39 is 7.82 Å². The van der Waals surface area contributed by atoms with Gasteiger partial charge in [-0.1, -0.05) is 91.0 Å². The van der Waals surface area contributed by atoms with Crippen LogP contribution in [0.3, 0.4) is 0 Å². The molecule has 0 amide bonds. The van der Waals surface area contributed by atoms with Crippen LogP contribution in [-0.2, 0) is 4.57 Å². The Morgan fingerprint density at radius 2 is 1.03 bits per heavy atom.